The summed E-state index contributed by atoms with van der Waals surface area (Å²) in [7, 11) is -3.93. The number of primary amides is 1. The lowest BCUT2D eigenvalue weighted by Crippen LogP contribution is -2.32. The van der Waals surface area contributed by atoms with E-state index >= 15 is 0 Å². The summed E-state index contributed by atoms with van der Waals surface area (Å²) in [4.78, 5) is 25.1. The van der Waals surface area contributed by atoms with E-state index in [4.69, 9.17) is 16.3 Å². The quantitative estimate of drug-likeness (QED) is 0.586. The van der Waals surface area contributed by atoms with Crippen LogP contribution in [0, 0.1) is 36.5 Å². The Morgan fingerprint density at radius 1 is 1.10 bits per heavy atom. The van der Waals surface area contributed by atoms with Crippen molar-refractivity contribution < 1.29 is 18.0 Å². The molecule has 11 heteroatoms. The minimum absolute atomic E-state index is 0.00695. The summed E-state index contributed by atoms with van der Waals surface area (Å²) >= 11 is 1.23. The lowest BCUT2D eigenvalue weighted by molar-refractivity contribution is 0.100. The maximum atomic E-state index is 12.8. The third kappa shape index (κ3) is 5.47. The number of rotatable bonds is 9. The van der Waals surface area contributed by atoms with Crippen molar-refractivity contribution in [2.75, 3.05) is 18.4 Å². The van der Waals surface area contributed by atoms with Crippen molar-refractivity contribution in [3.63, 3.8) is 0 Å². The van der Waals surface area contributed by atoms with Crippen LogP contribution in [0.1, 0.15) is 44.0 Å². The molecule has 162 valence electrons. The zero-order valence-corrected chi connectivity index (χ0v) is 18.6. The average Bonchev–Trinajstić information content (AvgIpc) is 3.01. The number of nitrogens with zero attached hydrogens (tertiary/aromatic N) is 3. The molecule has 0 saturated heterocycles. The van der Waals surface area contributed by atoms with Gasteiger partial charge in [-0.1, -0.05) is 0 Å². The Bertz CT molecular complexity index is 1150. The molecule has 0 fully saturated rings. The molecule has 0 aliphatic carbocycles. The van der Waals surface area contributed by atoms with Gasteiger partial charge in [-0.2, -0.15) is 14.8 Å². The molecule has 0 spiro atoms. The van der Waals surface area contributed by atoms with Crippen molar-refractivity contribution >= 4 is 38.2 Å². The molecular weight excluding hydrogens is 438 g/mol. The lowest BCUT2D eigenvalue weighted by atomic mass is 10.1. The van der Waals surface area contributed by atoms with Crippen molar-refractivity contribution in [3.8, 4) is 12.1 Å². The highest BCUT2D eigenvalue weighted by atomic mass is 32.2. The number of aryl methyl sites for hydroxylation is 1. The molecule has 0 saturated carbocycles. The molecule has 0 bridgehead atoms. The van der Waals surface area contributed by atoms with E-state index < -0.39 is 21.8 Å². The van der Waals surface area contributed by atoms with Crippen molar-refractivity contribution in [1.82, 2.24) is 4.31 Å². The highest BCUT2D eigenvalue weighted by molar-refractivity contribution is 7.89. The standard InChI is InChI=1S/C20H21N5O4S2/c1-13-14(2)30-20(17(13)18(23)26)24-19(27)15-5-7-16(8-6-15)31(28,29)25(11-3-9-21)12-4-10-22/h5-8H,3-4,11-12H2,1-2H3,(H2,23,26)(H,24,27). The SMILES string of the molecule is Cc1sc(NC(=O)c2ccc(S(=O)(=O)N(CCC#N)CCC#N)cc2)c(C(N)=O)c1C. The van der Waals surface area contributed by atoms with Crippen molar-refractivity contribution in [2.45, 2.75) is 31.6 Å². The summed E-state index contributed by atoms with van der Waals surface area (Å²) in [5.74, 6) is -1.16. The van der Waals surface area contributed by atoms with E-state index in [1.54, 1.807) is 6.92 Å². The maximum absolute atomic E-state index is 12.8. The largest absolute Gasteiger partial charge is 0.365 e. The van der Waals surface area contributed by atoms with Crippen LogP contribution in [0.4, 0.5) is 5.00 Å². The minimum Gasteiger partial charge on any atom is -0.365 e. The number of thiophene rings is 1. The third-order valence-corrected chi connectivity index (χ3v) is 7.59. The van der Waals surface area contributed by atoms with Gasteiger partial charge >= 0.3 is 0 Å². The van der Waals surface area contributed by atoms with Gasteiger partial charge in [-0.3, -0.25) is 9.59 Å². The van der Waals surface area contributed by atoms with E-state index in [2.05, 4.69) is 5.32 Å². The Morgan fingerprint density at radius 3 is 2.13 bits per heavy atom. The topological polar surface area (TPSA) is 157 Å². The van der Waals surface area contributed by atoms with E-state index in [9.17, 15) is 18.0 Å². The van der Waals surface area contributed by atoms with Gasteiger partial charge in [0.1, 0.15) is 5.00 Å². The van der Waals surface area contributed by atoms with Crippen LogP contribution >= 0.6 is 11.3 Å². The first-order valence-electron chi connectivity index (χ1n) is 9.18. The van der Waals surface area contributed by atoms with Gasteiger partial charge < -0.3 is 11.1 Å². The average molecular weight is 460 g/mol. The van der Waals surface area contributed by atoms with Gasteiger partial charge in [0.25, 0.3) is 11.8 Å². The molecule has 2 rings (SSSR count). The molecule has 2 amide bonds. The molecule has 0 aliphatic rings. The molecule has 0 atom stereocenters. The highest BCUT2D eigenvalue weighted by Crippen LogP contribution is 2.32. The smallest absolute Gasteiger partial charge is 0.256 e. The van der Waals surface area contributed by atoms with Crippen LogP contribution in [-0.4, -0.2) is 37.6 Å². The second kappa shape index (κ2) is 10.2. The molecule has 3 N–H and O–H groups in total. The van der Waals surface area contributed by atoms with Gasteiger partial charge in [0.15, 0.2) is 0 Å². The van der Waals surface area contributed by atoms with Crippen LogP contribution in [0.25, 0.3) is 0 Å². The molecule has 0 unspecified atom stereocenters. The number of nitriles is 2. The monoisotopic (exact) mass is 459 g/mol. The first-order chi connectivity index (χ1) is 14.6. The van der Waals surface area contributed by atoms with Crippen LogP contribution in [0.3, 0.4) is 0 Å². The number of carbonyl (C=O) groups excluding carboxylic acids is 2. The fourth-order valence-electron chi connectivity index (χ4n) is 2.82. The summed E-state index contributed by atoms with van der Waals surface area (Å²) in [5.41, 5.74) is 6.56. The van der Waals surface area contributed by atoms with Crippen LogP contribution < -0.4 is 11.1 Å². The molecular formula is C20H21N5O4S2. The molecule has 1 aromatic carbocycles. The number of hydrogen-bond acceptors (Lipinski definition) is 7. The van der Waals surface area contributed by atoms with Crippen molar-refractivity contribution in [3.05, 3.63) is 45.8 Å². The summed E-state index contributed by atoms with van der Waals surface area (Å²) < 4.78 is 26.7. The summed E-state index contributed by atoms with van der Waals surface area (Å²) in [6, 6.07) is 9.06. The van der Waals surface area contributed by atoms with Crippen molar-refractivity contribution in [1.29, 1.82) is 10.5 Å². The number of sulfonamides is 1. The molecule has 31 heavy (non-hydrogen) atoms. The zero-order valence-electron chi connectivity index (χ0n) is 17.0. The Labute approximate surface area is 184 Å². The normalized spacial score (nSPS) is 11.0. The van der Waals surface area contributed by atoms with E-state index in [1.807, 2.05) is 19.1 Å². The van der Waals surface area contributed by atoms with E-state index in [-0.39, 0.29) is 42.0 Å². The van der Waals surface area contributed by atoms with Gasteiger partial charge in [0.2, 0.25) is 10.0 Å². The maximum Gasteiger partial charge on any atom is 0.256 e. The Morgan fingerprint density at radius 2 is 1.65 bits per heavy atom. The molecule has 2 aromatic rings. The Kier molecular flexibility index (Phi) is 7.89. The van der Waals surface area contributed by atoms with Crippen molar-refractivity contribution in [2.24, 2.45) is 5.73 Å². The fourth-order valence-corrected chi connectivity index (χ4v) is 5.32. The first-order valence-corrected chi connectivity index (χ1v) is 11.4. The minimum atomic E-state index is -3.93. The number of hydrogen-bond donors (Lipinski definition) is 2. The highest BCUT2D eigenvalue weighted by Gasteiger charge is 2.24. The number of benzene rings is 1. The first kappa shape index (κ1) is 24.0. The number of carbonyl (C=O) groups is 2. The molecule has 1 heterocycles. The number of anilines is 1. The summed E-state index contributed by atoms with van der Waals surface area (Å²) in [6.45, 7) is 3.49. The summed E-state index contributed by atoms with van der Waals surface area (Å²) in [5, 5.41) is 20.5. The molecule has 1 aromatic heterocycles. The number of nitrogens with two attached hydrogens (primary N) is 1. The number of nitrogens with one attached hydrogen (secondary N) is 1. The van der Waals surface area contributed by atoms with Crippen LogP contribution in [0.5, 0.6) is 0 Å². The van der Waals surface area contributed by atoms with Crippen LogP contribution in [0.15, 0.2) is 29.2 Å². The van der Waals surface area contributed by atoms with Gasteiger partial charge in [-0.25, -0.2) is 8.42 Å². The van der Waals surface area contributed by atoms with Gasteiger partial charge in [0.05, 0.1) is 22.6 Å². The molecule has 0 radical (unpaired) electrons. The predicted molar refractivity (Wildman–Crippen MR) is 116 cm³/mol. The Balaban J connectivity index is 2.25. The van der Waals surface area contributed by atoms with E-state index in [0.29, 0.717) is 10.6 Å². The van der Waals surface area contributed by atoms with Gasteiger partial charge in [-0.05, 0) is 43.7 Å². The predicted octanol–water partition coefficient (Wildman–Crippen LogP) is 2.53. The molecule has 0 aliphatic heterocycles. The number of amides is 2. The summed E-state index contributed by atoms with van der Waals surface area (Å²) in [6.07, 6.45) is -0.0139. The second-order valence-corrected chi connectivity index (χ2v) is 9.71. The molecule has 9 nitrogen and oxygen atoms in total. The Hall–Kier alpha value is -3.25. The van der Waals surface area contributed by atoms with Crippen LogP contribution in [0.2, 0.25) is 0 Å². The fraction of sp³-hybridized carbons (Fsp3) is 0.300. The lowest BCUT2D eigenvalue weighted by Gasteiger charge is -2.20. The second-order valence-electron chi connectivity index (χ2n) is 6.55. The van der Waals surface area contributed by atoms with Crippen LogP contribution in [-0.2, 0) is 10.0 Å². The van der Waals surface area contributed by atoms with Gasteiger partial charge in [-0.15, -0.1) is 11.3 Å². The van der Waals surface area contributed by atoms with Gasteiger partial charge in [0, 0.05) is 36.4 Å². The van der Waals surface area contributed by atoms with E-state index in [1.165, 1.54) is 35.6 Å². The third-order valence-electron chi connectivity index (χ3n) is 4.56. The van der Waals surface area contributed by atoms with E-state index in [0.717, 1.165) is 9.18 Å². The zero-order chi connectivity index (χ0) is 23.2.